The topological polar surface area (TPSA) is 41.1 Å². The highest BCUT2D eigenvalue weighted by Crippen LogP contribution is 2.10. The molecule has 0 aliphatic heterocycles. The zero-order chi connectivity index (χ0) is 12.7. The summed E-state index contributed by atoms with van der Waals surface area (Å²) in [5, 5.41) is 6.06. The second kappa shape index (κ2) is 7.07. The van der Waals surface area contributed by atoms with E-state index in [1.807, 2.05) is 31.2 Å². The Hall–Kier alpha value is -1.35. The first-order valence-electron chi connectivity index (χ1n) is 6.30. The van der Waals surface area contributed by atoms with Gasteiger partial charge in [-0.15, -0.1) is 0 Å². The number of aryl methyl sites for hydroxylation is 1. The Bertz CT molecular complexity index is 346. The van der Waals surface area contributed by atoms with Crippen LogP contribution in [-0.2, 0) is 11.2 Å². The molecule has 1 aromatic rings. The molecule has 0 aliphatic carbocycles. The molecule has 0 radical (unpaired) electrons. The van der Waals surface area contributed by atoms with Gasteiger partial charge in [-0.05, 0) is 44.0 Å². The SMILES string of the molecule is CCCNC(C)C(=O)Nc1ccc(CC)cc1. The van der Waals surface area contributed by atoms with E-state index in [0.29, 0.717) is 0 Å². The van der Waals surface area contributed by atoms with E-state index >= 15 is 0 Å². The van der Waals surface area contributed by atoms with Crippen molar-refractivity contribution in [3.05, 3.63) is 29.8 Å². The lowest BCUT2D eigenvalue weighted by molar-refractivity contribution is -0.117. The number of carbonyl (C=O) groups excluding carboxylic acids is 1. The van der Waals surface area contributed by atoms with Crippen molar-refractivity contribution >= 4 is 11.6 Å². The predicted molar refractivity (Wildman–Crippen MR) is 72.2 cm³/mol. The van der Waals surface area contributed by atoms with Gasteiger partial charge >= 0.3 is 0 Å². The molecule has 0 aliphatic rings. The number of carbonyl (C=O) groups is 1. The molecule has 1 aromatic carbocycles. The summed E-state index contributed by atoms with van der Waals surface area (Å²) >= 11 is 0. The summed E-state index contributed by atoms with van der Waals surface area (Å²) in [4.78, 5) is 11.8. The molecule has 1 rings (SSSR count). The molecule has 0 saturated carbocycles. The molecule has 1 unspecified atom stereocenters. The molecule has 0 saturated heterocycles. The Morgan fingerprint density at radius 2 is 1.88 bits per heavy atom. The summed E-state index contributed by atoms with van der Waals surface area (Å²) in [6, 6.07) is 7.83. The predicted octanol–water partition coefficient (Wildman–Crippen LogP) is 2.58. The van der Waals surface area contributed by atoms with Gasteiger partial charge in [0.15, 0.2) is 0 Å². The minimum Gasteiger partial charge on any atom is -0.325 e. The molecular weight excluding hydrogens is 212 g/mol. The number of benzene rings is 1. The maximum Gasteiger partial charge on any atom is 0.241 e. The van der Waals surface area contributed by atoms with Crippen molar-refractivity contribution in [1.82, 2.24) is 5.32 Å². The fraction of sp³-hybridized carbons (Fsp3) is 0.500. The van der Waals surface area contributed by atoms with E-state index in [4.69, 9.17) is 0 Å². The zero-order valence-corrected chi connectivity index (χ0v) is 10.9. The van der Waals surface area contributed by atoms with E-state index < -0.39 is 0 Å². The second-order valence-electron chi connectivity index (χ2n) is 4.22. The smallest absolute Gasteiger partial charge is 0.241 e. The minimum atomic E-state index is -0.152. The third-order valence-electron chi connectivity index (χ3n) is 2.72. The lowest BCUT2D eigenvalue weighted by Crippen LogP contribution is -2.38. The Morgan fingerprint density at radius 1 is 1.24 bits per heavy atom. The van der Waals surface area contributed by atoms with Crippen LogP contribution in [0.3, 0.4) is 0 Å². The zero-order valence-electron chi connectivity index (χ0n) is 10.9. The van der Waals surface area contributed by atoms with Crippen molar-refractivity contribution in [3.63, 3.8) is 0 Å². The van der Waals surface area contributed by atoms with Crippen LogP contribution >= 0.6 is 0 Å². The third kappa shape index (κ3) is 4.57. The molecule has 2 N–H and O–H groups in total. The number of nitrogens with one attached hydrogen (secondary N) is 2. The van der Waals surface area contributed by atoms with Gasteiger partial charge in [-0.1, -0.05) is 26.0 Å². The largest absolute Gasteiger partial charge is 0.325 e. The van der Waals surface area contributed by atoms with Gasteiger partial charge in [0.05, 0.1) is 6.04 Å². The van der Waals surface area contributed by atoms with Crippen LogP contribution in [-0.4, -0.2) is 18.5 Å². The van der Waals surface area contributed by atoms with Gasteiger partial charge in [-0.2, -0.15) is 0 Å². The number of hydrogen-bond acceptors (Lipinski definition) is 2. The standard InChI is InChI=1S/C14H22N2O/c1-4-10-15-11(3)14(17)16-13-8-6-12(5-2)7-9-13/h6-9,11,15H,4-5,10H2,1-3H3,(H,16,17). The number of anilines is 1. The highest BCUT2D eigenvalue weighted by Gasteiger charge is 2.11. The van der Waals surface area contributed by atoms with Gasteiger partial charge < -0.3 is 10.6 Å². The average molecular weight is 234 g/mol. The van der Waals surface area contributed by atoms with Crippen molar-refractivity contribution in [2.24, 2.45) is 0 Å². The Balaban J connectivity index is 2.49. The fourth-order valence-electron chi connectivity index (χ4n) is 1.53. The first kappa shape index (κ1) is 13.7. The van der Waals surface area contributed by atoms with E-state index in [1.165, 1.54) is 5.56 Å². The maximum atomic E-state index is 11.8. The Labute approximate surface area is 104 Å². The normalized spacial score (nSPS) is 12.2. The van der Waals surface area contributed by atoms with Crippen molar-refractivity contribution in [3.8, 4) is 0 Å². The van der Waals surface area contributed by atoms with E-state index in [-0.39, 0.29) is 11.9 Å². The van der Waals surface area contributed by atoms with Crippen LogP contribution in [0.25, 0.3) is 0 Å². The molecule has 0 spiro atoms. The van der Waals surface area contributed by atoms with Crippen LogP contribution in [0.15, 0.2) is 24.3 Å². The quantitative estimate of drug-likeness (QED) is 0.794. The van der Waals surface area contributed by atoms with Crippen LogP contribution < -0.4 is 10.6 Å². The molecule has 17 heavy (non-hydrogen) atoms. The van der Waals surface area contributed by atoms with Gasteiger partial charge in [-0.25, -0.2) is 0 Å². The molecule has 0 bridgehead atoms. The molecule has 0 heterocycles. The summed E-state index contributed by atoms with van der Waals surface area (Å²) in [6.07, 6.45) is 2.05. The lowest BCUT2D eigenvalue weighted by atomic mass is 10.1. The van der Waals surface area contributed by atoms with Gasteiger partial charge in [0.25, 0.3) is 0 Å². The first-order valence-corrected chi connectivity index (χ1v) is 6.30. The summed E-state index contributed by atoms with van der Waals surface area (Å²) in [7, 11) is 0. The van der Waals surface area contributed by atoms with Gasteiger partial charge in [0, 0.05) is 5.69 Å². The van der Waals surface area contributed by atoms with Crippen LogP contribution in [0, 0.1) is 0 Å². The molecule has 94 valence electrons. The van der Waals surface area contributed by atoms with E-state index in [1.54, 1.807) is 0 Å². The molecule has 1 amide bonds. The van der Waals surface area contributed by atoms with Crippen molar-refractivity contribution in [1.29, 1.82) is 0 Å². The van der Waals surface area contributed by atoms with Crippen LogP contribution in [0.5, 0.6) is 0 Å². The van der Waals surface area contributed by atoms with Crippen LogP contribution in [0.4, 0.5) is 5.69 Å². The number of rotatable bonds is 6. The molecule has 1 atom stereocenters. The van der Waals surface area contributed by atoms with Gasteiger partial charge in [0.2, 0.25) is 5.91 Å². The van der Waals surface area contributed by atoms with Crippen molar-refractivity contribution in [2.75, 3.05) is 11.9 Å². The van der Waals surface area contributed by atoms with Gasteiger partial charge in [-0.3, -0.25) is 4.79 Å². The maximum absolute atomic E-state index is 11.8. The van der Waals surface area contributed by atoms with E-state index in [2.05, 4.69) is 24.5 Å². The first-order chi connectivity index (χ1) is 8.17. The summed E-state index contributed by atoms with van der Waals surface area (Å²) in [5.41, 5.74) is 2.14. The minimum absolute atomic E-state index is 0.0164. The Morgan fingerprint density at radius 3 is 2.41 bits per heavy atom. The molecule has 3 nitrogen and oxygen atoms in total. The highest BCUT2D eigenvalue weighted by atomic mass is 16.2. The lowest BCUT2D eigenvalue weighted by Gasteiger charge is -2.13. The number of amides is 1. The highest BCUT2D eigenvalue weighted by molar-refractivity contribution is 5.94. The third-order valence-corrected chi connectivity index (χ3v) is 2.72. The molecule has 0 aromatic heterocycles. The average Bonchev–Trinajstić information content (AvgIpc) is 2.36. The van der Waals surface area contributed by atoms with Crippen molar-refractivity contribution in [2.45, 2.75) is 39.7 Å². The fourth-order valence-corrected chi connectivity index (χ4v) is 1.53. The summed E-state index contributed by atoms with van der Waals surface area (Å²) in [5.74, 6) is 0.0164. The van der Waals surface area contributed by atoms with Crippen molar-refractivity contribution < 1.29 is 4.79 Å². The summed E-state index contributed by atoms with van der Waals surface area (Å²) in [6.45, 7) is 6.94. The van der Waals surface area contributed by atoms with Crippen LogP contribution in [0.2, 0.25) is 0 Å². The van der Waals surface area contributed by atoms with Crippen LogP contribution in [0.1, 0.15) is 32.8 Å². The Kier molecular flexibility index (Phi) is 5.70. The summed E-state index contributed by atoms with van der Waals surface area (Å²) < 4.78 is 0. The molecule has 0 fully saturated rings. The monoisotopic (exact) mass is 234 g/mol. The molecule has 3 heteroatoms. The second-order valence-corrected chi connectivity index (χ2v) is 4.22. The van der Waals surface area contributed by atoms with Gasteiger partial charge in [0.1, 0.15) is 0 Å². The molecular formula is C14H22N2O. The number of hydrogen-bond donors (Lipinski definition) is 2. The van der Waals surface area contributed by atoms with E-state index in [0.717, 1.165) is 25.1 Å². The van der Waals surface area contributed by atoms with E-state index in [9.17, 15) is 4.79 Å².